The van der Waals surface area contributed by atoms with E-state index in [9.17, 15) is 8.42 Å². The highest BCUT2D eigenvalue weighted by Gasteiger charge is 2.27. The van der Waals surface area contributed by atoms with Crippen molar-refractivity contribution < 1.29 is 8.42 Å². The highest BCUT2D eigenvalue weighted by molar-refractivity contribution is 8.13. The molecule has 1 aromatic carbocycles. The minimum Gasteiger partial charge on any atom is -0.241 e. The number of rotatable bonds is 2. The number of aromatic nitrogens is 1. The Morgan fingerprint density at radius 3 is 2.75 bits per heavy atom. The average Bonchev–Trinajstić information content (AvgIpc) is 2.96. The van der Waals surface area contributed by atoms with Gasteiger partial charge in [-0.3, -0.25) is 0 Å². The van der Waals surface area contributed by atoms with Crippen molar-refractivity contribution >= 4 is 41.3 Å². The largest absolute Gasteiger partial charge is 0.261 e. The summed E-state index contributed by atoms with van der Waals surface area (Å²) in [6.07, 6.45) is 2.39. The van der Waals surface area contributed by atoms with E-state index in [1.54, 1.807) is 23.5 Å². The van der Waals surface area contributed by atoms with Crippen LogP contribution in [-0.2, 0) is 9.05 Å². The Morgan fingerprint density at radius 1 is 1.38 bits per heavy atom. The summed E-state index contributed by atoms with van der Waals surface area (Å²) in [5, 5.41) is 1.11. The fourth-order valence-electron chi connectivity index (χ4n) is 1.58. The van der Waals surface area contributed by atoms with Crippen LogP contribution in [0.1, 0.15) is 23.8 Å². The van der Waals surface area contributed by atoms with Crippen molar-refractivity contribution in [3.63, 3.8) is 0 Å². The van der Waals surface area contributed by atoms with E-state index < -0.39 is 9.05 Å². The van der Waals surface area contributed by atoms with Gasteiger partial charge in [0.2, 0.25) is 0 Å². The second kappa shape index (κ2) is 3.42. The van der Waals surface area contributed by atoms with E-state index in [4.69, 9.17) is 10.7 Å². The number of halogens is 1. The molecule has 1 aromatic heterocycles. The lowest BCUT2D eigenvalue weighted by molar-refractivity contribution is 0.609. The lowest BCUT2D eigenvalue weighted by Crippen LogP contribution is -1.89. The lowest BCUT2D eigenvalue weighted by Gasteiger charge is -1.94. The van der Waals surface area contributed by atoms with Gasteiger partial charge >= 0.3 is 0 Å². The standard InChI is InChI=1S/C10H8ClNO2S2/c11-16(13,14)7-3-4-9-8(5-7)12-10(15-9)6-1-2-6/h3-6H,1-2H2. The number of thiazole rings is 1. The molecule has 16 heavy (non-hydrogen) atoms. The molecule has 1 fully saturated rings. The molecule has 6 heteroatoms. The SMILES string of the molecule is O=S(=O)(Cl)c1ccc2sc(C3CC3)nc2c1. The van der Waals surface area contributed by atoms with Crippen LogP contribution in [0.2, 0.25) is 0 Å². The Balaban J connectivity index is 2.17. The lowest BCUT2D eigenvalue weighted by atomic mass is 10.3. The maximum absolute atomic E-state index is 11.2. The van der Waals surface area contributed by atoms with Crippen LogP contribution in [0, 0.1) is 0 Å². The molecule has 1 aliphatic carbocycles. The maximum atomic E-state index is 11.2. The number of nitrogens with zero attached hydrogens (tertiary/aromatic N) is 1. The monoisotopic (exact) mass is 273 g/mol. The predicted octanol–water partition coefficient (Wildman–Crippen LogP) is 3.10. The Bertz CT molecular complexity index is 659. The number of benzene rings is 1. The molecule has 84 valence electrons. The maximum Gasteiger partial charge on any atom is 0.261 e. The van der Waals surface area contributed by atoms with Crippen LogP contribution >= 0.6 is 22.0 Å². The first-order valence-corrected chi connectivity index (χ1v) is 8.02. The molecule has 2 aromatic rings. The first-order chi connectivity index (χ1) is 7.54. The summed E-state index contributed by atoms with van der Waals surface area (Å²) in [4.78, 5) is 4.56. The second-order valence-corrected chi connectivity index (χ2v) is 7.52. The molecule has 0 bridgehead atoms. The zero-order valence-electron chi connectivity index (χ0n) is 8.18. The third-order valence-corrected chi connectivity index (χ3v) is 5.13. The topological polar surface area (TPSA) is 47.0 Å². The Morgan fingerprint density at radius 2 is 2.12 bits per heavy atom. The summed E-state index contributed by atoms with van der Waals surface area (Å²) >= 11 is 1.64. The summed E-state index contributed by atoms with van der Waals surface area (Å²) in [5.74, 6) is 0.591. The summed E-state index contributed by atoms with van der Waals surface area (Å²) in [6.45, 7) is 0. The molecule has 0 spiro atoms. The smallest absolute Gasteiger partial charge is 0.241 e. The van der Waals surface area contributed by atoms with Gasteiger partial charge in [-0.2, -0.15) is 0 Å². The van der Waals surface area contributed by atoms with Gasteiger partial charge < -0.3 is 0 Å². The van der Waals surface area contributed by atoms with E-state index >= 15 is 0 Å². The van der Waals surface area contributed by atoms with E-state index in [1.807, 2.05) is 0 Å². The van der Waals surface area contributed by atoms with E-state index in [0.717, 1.165) is 15.2 Å². The van der Waals surface area contributed by atoms with Gasteiger partial charge in [-0.15, -0.1) is 11.3 Å². The molecule has 0 radical (unpaired) electrons. The van der Waals surface area contributed by atoms with Crippen LogP contribution in [0.3, 0.4) is 0 Å². The fraction of sp³-hybridized carbons (Fsp3) is 0.300. The summed E-state index contributed by atoms with van der Waals surface area (Å²) in [7, 11) is 1.64. The molecule has 0 amide bonds. The number of hydrogen-bond acceptors (Lipinski definition) is 4. The number of hydrogen-bond donors (Lipinski definition) is 0. The van der Waals surface area contributed by atoms with Crippen molar-refractivity contribution in [3.8, 4) is 0 Å². The Labute approximate surface area is 101 Å². The van der Waals surface area contributed by atoms with E-state index in [1.165, 1.54) is 18.9 Å². The van der Waals surface area contributed by atoms with Gasteiger partial charge in [0.05, 0.1) is 20.1 Å². The van der Waals surface area contributed by atoms with Crippen LogP contribution in [0.25, 0.3) is 10.2 Å². The molecule has 1 saturated carbocycles. The van der Waals surface area contributed by atoms with Crippen molar-refractivity contribution in [1.82, 2.24) is 4.98 Å². The zero-order chi connectivity index (χ0) is 11.3. The van der Waals surface area contributed by atoms with Gasteiger partial charge in [-0.05, 0) is 31.0 Å². The molecule has 0 N–H and O–H groups in total. The van der Waals surface area contributed by atoms with Crippen molar-refractivity contribution in [2.24, 2.45) is 0 Å². The van der Waals surface area contributed by atoms with E-state index in [2.05, 4.69) is 4.98 Å². The first-order valence-electron chi connectivity index (χ1n) is 4.89. The molecular weight excluding hydrogens is 266 g/mol. The minimum absolute atomic E-state index is 0.120. The average molecular weight is 274 g/mol. The molecule has 3 nitrogen and oxygen atoms in total. The third kappa shape index (κ3) is 1.83. The second-order valence-electron chi connectivity index (χ2n) is 3.89. The molecule has 3 rings (SSSR count). The van der Waals surface area contributed by atoms with Gasteiger partial charge in [0.15, 0.2) is 0 Å². The third-order valence-electron chi connectivity index (χ3n) is 2.58. The van der Waals surface area contributed by atoms with Crippen LogP contribution in [0.15, 0.2) is 23.1 Å². The van der Waals surface area contributed by atoms with Gasteiger partial charge in [0.1, 0.15) is 0 Å². The van der Waals surface area contributed by atoms with E-state index in [-0.39, 0.29) is 4.90 Å². The van der Waals surface area contributed by atoms with Crippen molar-refractivity contribution in [3.05, 3.63) is 23.2 Å². The highest BCUT2D eigenvalue weighted by atomic mass is 35.7. The fourth-order valence-corrected chi connectivity index (χ4v) is 3.47. The van der Waals surface area contributed by atoms with Gasteiger partial charge in [0.25, 0.3) is 9.05 Å². The van der Waals surface area contributed by atoms with Crippen molar-refractivity contribution in [1.29, 1.82) is 0 Å². The van der Waals surface area contributed by atoms with Crippen LogP contribution < -0.4 is 0 Å². The molecule has 1 heterocycles. The Kier molecular flexibility index (Phi) is 2.24. The molecule has 0 saturated heterocycles. The van der Waals surface area contributed by atoms with Gasteiger partial charge in [-0.1, -0.05) is 0 Å². The van der Waals surface area contributed by atoms with Crippen LogP contribution in [-0.4, -0.2) is 13.4 Å². The summed E-state index contributed by atoms with van der Waals surface area (Å²) in [6, 6.07) is 4.84. The van der Waals surface area contributed by atoms with E-state index in [0.29, 0.717) is 5.92 Å². The molecule has 0 aliphatic heterocycles. The van der Waals surface area contributed by atoms with Crippen LogP contribution in [0.5, 0.6) is 0 Å². The quantitative estimate of drug-likeness (QED) is 0.790. The minimum atomic E-state index is -3.65. The first kappa shape index (κ1) is 10.5. The van der Waals surface area contributed by atoms with Crippen molar-refractivity contribution in [2.75, 3.05) is 0 Å². The summed E-state index contributed by atoms with van der Waals surface area (Å²) in [5.41, 5.74) is 0.730. The predicted molar refractivity (Wildman–Crippen MR) is 64.6 cm³/mol. The molecule has 0 atom stereocenters. The molecule has 0 unspecified atom stereocenters. The normalized spacial score (nSPS) is 16.8. The van der Waals surface area contributed by atoms with Crippen LogP contribution in [0.4, 0.5) is 0 Å². The molecular formula is C10H8ClNO2S2. The highest BCUT2D eigenvalue weighted by Crippen LogP contribution is 2.43. The molecule has 1 aliphatic rings. The van der Waals surface area contributed by atoms with Gasteiger partial charge in [-0.25, -0.2) is 13.4 Å². The summed E-state index contributed by atoms with van der Waals surface area (Å²) < 4.78 is 23.4. The zero-order valence-corrected chi connectivity index (χ0v) is 10.6. The van der Waals surface area contributed by atoms with Crippen molar-refractivity contribution in [2.45, 2.75) is 23.7 Å². The Hall–Kier alpha value is -0.650. The van der Waals surface area contributed by atoms with Gasteiger partial charge in [0, 0.05) is 16.6 Å². The number of fused-ring (bicyclic) bond motifs is 1.